The molecule has 14 heavy (non-hydrogen) atoms. The lowest BCUT2D eigenvalue weighted by molar-refractivity contribution is 1.01. The summed E-state index contributed by atoms with van der Waals surface area (Å²) in [5.41, 5.74) is 13.9. The van der Waals surface area contributed by atoms with Gasteiger partial charge in [-0.2, -0.15) is 0 Å². The van der Waals surface area contributed by atoms with Crippen LogP contribution in [-0.2, 0) is 0 Å². The van der Waals surface area contributed by atoms with Crippen LogP contribution in [-0.4, -0.2) is 16.5 Å². The highest BCUT2D eigenvalue weighted by atomic mass is 15.1. The minimum atomic E-state index is 0.365. The van der Waals surface area contributed by atoms with E-state index in [-0.39, 0.29) is 0 Å². The van der Waals surface area contributed by atoms with E-state index in [4.69, 9.17) is 11.3 Å². The summed E-state index contributed by atoms with van der Waals surface area (Å²) in [4.78, 5) is 10.4. The lowest BCUT2D eigenvalue weighted by Crippen LogP contribution is -1.92. The molecule has 0 aliphatic heterocycles. The number of nitrogen functional groups attached to an aromatic ring is 1. The van der Waals surface area contributed by atoms with E-state index in [9.17, 15) is 0 Å². The summed E-state index contributed by atoms with van der Waals surface area (Å²) in [6.45, 7) is 0.367. The molecule has 0 saturated carbocycles. The third kappa shape index (κ3) is 3.43. The quantitative estimate of drug-likeness (QED) is 0.247. The van der Waals surface area contributed by atoms with Crippen molar-refractivity contribution in [2.24, 2.45) is 5.11 Å². The van der Waals surface area contributed by atoms with Crippen molar-refractivity contribution in [3.63, 3.8) is 0 Å². The Hall–Kier alpha value is -2.25. The number of azide groups is 1. The molecule has 1 aromatic rings. The van der Waals surface area contributed by atoms with Gasteiger partial charge in [-0.15, -0.1) is 0 Å². The fourth-order valence-corrected chi connectivity index (χ4v) is 0.706. The second-order valence-electron chi connectivity index (χ2n) is 2.33. The molecule has 6 heteroatoms. The van der Waals surface area contributed by atoms with Crippen LogP contribution in [0.15, 0.2) is 17.5 Å². The molecule has 70 valence electrons. The van der Waals surface area contributed by atoms with Gasteiger partial charge in [-0.25, -0.2) is 9.97 Å². The van der Waals surface area contributed by atoms with Gasteiger partial charge in [-0.05, 0) is 11.5 Å². The van der Waals surface area contributed by atoms with Crippen molar-refractivity contribution in [3.05, 3.63) is 28.5 Å². The van der Waals surface area contributed by atoms with Crippen LogP contribution < -0.4 is 5.73 Å². The molecule has 0 amide bonds. The van der Waals surface area contributed by atoms with Gasteiger partial charge in [0.1, 0.15) is 11.5 Å². The number of hydrogen-bond acceptors (Lipinski definition) is 4. The van der Waals surface area contributed by atoms with E-state index in [0.29, 0.717) is 24.5 Å². The van der Waals surface area contributed by atoms with Crippen molar-refractivity contribution >= 4 is 5.82 Å². The second-order valence-corrected chi connectivity index (χ2v) is 2.33. The van der Waals surface area contributed by atoms with Gasteiger partial charge in [0.2, 0.25) is 0 Å². The summed E-state index contributed by atoms with van der Waals surface area (Å²) in [6.07, 6.45) is 3.45. The second kappa shape index (κ2) is 5.41. The Morgan fingerprint density at radius 3 is 3.00 bits per heavy atom. The summed E-state index contributed by atoms with van der Waals surface area (Å²) in [6, 6.07) is 0. The smallest absolute Gasteiger partial charge is 0.141 e. The summed E-state index contributed by atoms with van der Waals surface area (Å²) in [5.74, 6) is 5.93. The summed E-state index contributed by atoms with van der Waals surface area (Å²) >= 11 is 0. The molecule has 1 rings (SSSR count). The van der Waals surface area contributed by atoms with Gasteiger partial charge in [0, 0.05) is 17.9 Å². The lowest BCUT2D eigenvalue weighted by atomic mass is 10.4. The predicted octanol–water partition coefficient (Wildman–Crippen LogP) is 1.11. The largest absolute Gasteiger partial charge is 0.382 e. The molecule has 1 heterocycles. The van der Waals surface area contributed by atoms with Crippen molar-refractivity contribution in [1.82, 2.24) is 9.97 Å². The van der Waals surface area contributed by atoms with Gasteiger partial charge in [0.15, 0.2) is 0 Å². The minimum absolute atomic E-state index is 0.365. The number of rotatable bonds is 2. The van der Waals surface area contributed by atoms with Crippen LogP contribution in [0.5, 0.6) is 0 Å². The zero-order chi connectivity index (χ0) is 10.2. The molecule has 0 spiro atoms. The zero-order valence-electron chi connectivity index (χ0n) is 7.38. The Morgan fingerprint density at radius 1 is 1.50 bits per heavy atom. The fourth-order valence-electron chi connectivity index (χ4n) is 0.706. The monoisotopic (exact) mass is 188 g/mol. The van der Waals surface area contributed by atoms with Gasteiger partial charge in [-0.1, -0.05) is 11.0 Å². The topological polar surface area (TPSA) is 101 Å². The molecular weight excluding hydrogens is 180 g/mol. The van der Waals surface area contributed by atoms with Gasteiger partial charge in [-0.3, -0.25) is 0 Å². The molecule has 0 aliphatic rings. The van der Waals surface area contributed by atoms with E-state index in [1.807, 2.05) is 0 Å². The van der Waals surface area contributed by atoms with Crippen molar-refractivity contribution in [2.75, 3.05) is 12.3 Å². The Balaban J connectivity index is 2.51. The van der Waals surface area contributed by atoms with E-state index in [0.717, 1.165) is 0 Å². The molecule has 2 N–H and O–H groups in total. The molecule has 0 bridgehead atoms. The van der Waals surface area contributed by atoms with E-state index in [1.54, 1.807) is 0 Å². The number of aromatic nitrogens is 2. The Morgan fingerprint density at radius 2 is 2.36 bits per heavy atom. The van der Waals surface area contributed by atoms with Crippen LogP contribution >= 0.6 is 0 Å². The maximum Gasteiger partial charge on any atom is 0.141 e. The molecule has 0 saturated heterocycles. The van der Waals surface area contributed by atoms with Crippen LogP contribution in [0.3, 0.4) is 0 Å². The molecule has 6 nitrogen and oxygen atoms in total. The first-order valence-electron chi connectivity index (χ1n) is 3.90. The van der Waals surface area contributed by atoms with Crippen LogP contribution in [0.2, 0.25) is 0 Å². The average Bonchev–Trinajstić information content (AvgIpc) is 2.21. The molecule has 0 atom stereocenters. The third-order valence-electron chi connectivity index (χ3n) is 1.29. The van der Waals surface area contributed by atoms with Crippen LogP contribution in [0.25, 0.3) is 10.4 Å². The van der Waals surface area contributed by atoms with Crippen molar-refractivity contribution in [3.8, 4) is 11.8 Å². The van der Waals surface area contributed by atoms with Gasteiger partial charge in [0.05, 0.1) is 12.4 Å². The number of anilines is 1. The van der Waals surface area contributed by atoms with E-state index in [2.05, 4.69) is 31.8 Å². The maximum atomic E-state index is 7.99. The van der Waals surface area contributed by atoms with Gasteiger partial charge >= 0.3 is 0 Å². The fraction of sp³-hybridized carbons (Fsp3) is 0.250. The Labute approximate surface area is 80.8 Å². The number of nitrogens with two attached hydrogens (primary N) is 1. The van der Waals surface area contributed by atoms with Crippen LogP contribution in [0, 0.1) is 11.8 Å². The third-order valence-corrected chi connectivity index (χ3v) is 1.29. The zero-order valence-corrected chi connectivity index (χ0v) is 7.38. The first kappa shape index (κ1) is 9.84. The van der Waals surface area contributed by atoms with E-state index in [1.165, 1.54) is 12.4 Å². The average molecular weight is 188 g/mol. The van der Waals surface area contributed by atoms with Gasteiger partial charge < -0.3 is 5.73 Å². The highest BCUT2D eigenvalue weighted by Gasteiger charge is 1.88. The predicted molar refractivity (Wildman–Crippen MR) is 52.0 cm³/mol. The van der Waals surface area contributed by atoms with Crippen molar-refractivity contribution in [1.29, 1.82) is 0 Å². The number of nitrogens with zero attached hydrogens (tertiary/aromatic N) is 5. The molecule has 0 aliphatic carbocycles. The molecule has 0 radical (unpaired) electrons. The van der Waals surface area contributed by atoms with E-state index >= 15 is 0 Å². The lowest BCUT2D eigenvalue weighted by Gasteiger charge is -1.89. The first-order valence-corrected chi connectivity index (χ1v) is 3.90. The number of hydrogen-bond donors (Lipinski definition) is 1. The normalized spacial score (nSPS) is 8.29. The minimum Gasteiger partial charge on any atom is -0.382 e. The molecular formula is C8H8N6. The summed E-state index contributed by atoms with van der Waals surface area (Å²) in [7, 11) is 0. The summed E-state index contributed by atoms with van der Waals surface area (Å²) < 4.78 is 0. The highest BCUT2D eigenvalue weighted by Crippen LogP contribution is 1.93. The van der Waals surface area contributed by atoms with Crippen LogP contribution in [0.4, 0.5) is 5.82 Å². The van der Waals surface area contributed by atoms with Crippen molar-refractivity contribution in [2.45, 2.75) is 6.42 Å². The highest BCUT2D eigenvalue weighted by molar-refractivity contribution is 5.30. The molecule has 0 aromatic carbocycles. The molecule has 1 aromatic heterocycles. The SMILES string of the molecule is [N-]=[N+]=NCCC#Cc1cnc(N)cn1. The Kier molecular flexibility index (Phi) is 3.80. The summed E-state index contributed by atoms with van der Waals surface area (Å²) in [5, 5.41) is 3.34. The first-order chi connectivity index (χ1) is 6.83. The van der Waals surface area contributed by atoms with Gasteiger partial charge in [0.25, 0.3) is 0 Å². The maximum absolute atomic E-state index is 7.99. The standard InChI is InChI=1S/C8H8N6/c9-8-6-11-7(5-12-8)3-1-2-4-13-14-10/h5-6H,2,4H2,(H2,9,12). The van der Waals surface area contributed by atoms with Crippen molar-refractivity contribution < 1.29 is 0 Å². The molecule has 0 unspecified atom stereocenters. The Bertz CT molecular complexity index is 392. The van der Waals surface area contributed by atoms with E-state index < -0.39 is 0 Å². The molecule has 0 fully saturated rings. The van der Waals surface area contributed by atoms with Crippen LogP contribution in [0.1, 0.15) is 12.1 Å².